The van der Waals surface area contributed by atoms with Gasteiger partial charge in [-0.25, -0.2) is 0 Å². The molecule has 1 aromatic carbocycles. The minimum Gasteiger partial charge on any atom is -0.296 e. The third-order valence-corrected chi connectivity index (χ3v) is 3.04. The van der Waals surface area contributed by atoms with Gasteiger partial charge < -0.3 is 0 Å². The molecule has 0 unspecified atom stereocenters. The van der Waals surface area contributed by atoms with Crippen molar-refractivity contribution < 1.29 is 35.5 Å². The van der Waals surface area contributed by atoms with Crippen LogP contribution >= 0.6 is 0 Å². The van der Waals surface area contributed by atoms with Crippen molar-refractivity contribution in [2.75, 3.05) is 0 Å². The molecule has 0 amide bonds. The van der Waals surface area contributed by atoms with Gasteiger partial charge in [-0.2, -0.15) is 30.7 Å². The van der Waals surface area contributed by atoms with E-state index >= 15 is 0 Å². The summed E-state index contributed by atoms with van der Waals surface area (Å²) >= 11 is 0. The summed E-state index contributed by atoms with van der Waals surface area (Å²) in [6.07, 6.45) is -5.37. The molecule has 0 radical (unpaired) electrons. The van der Waals surface area contributed by atoms with E-state index in [2.05, 4.69) is 4.98 Å². The summed E-state index contributed by atoms with van der Waals surface area (Å²) in [7, 11) is 0. The Kier molecular flexibility index (Phi) is 3.62. The van der Waals surface area contributed by atoms with Gasteiger partial charge in [-0.1, -0.05) is 18.2 Å². The quantitative estimate of drug-likeness (QED) is 0.621. The van der Waals surface area contributed by atoms with E-state index in [1.165, 1.54) is 0 Å². The molecule has 0 bridgehead atoms. The summed E-state index contributed by atoms with van der Waals surface area (Å²) in [5.74, 6) is -11.8. The van der Waals surface area contributed by atoms with Crippen molar-refractivity contribution in [1.82, 2.24) is 4.98 Å². The predicted octanol–water partition coefficient (Wildman–Crippen LogP) is 4.34. The van der Waals surface area contributed by atoms with Crippen molar-refractivity contribution in [1.29, 1.82) is 0 Å². The van der Waals surface area contributed by atoms with E-state index in [1.54, 1.807) is 0 Å². The molecule has 1 aromatic heterocycles. The Bertz CT molecular complexity index is 724. The third-order valence-electron chi connectivity index (χ3n) is 3.04. The molecule has 0 aliphatic heterocycles. The Balaban J connectivity index is 2.77. The lowest BCUT2D eigenvalue weighted by atomic mass is 9.95. The number of rotatable bonds is 3. The second kappa shape index (κ2) is 4.92. The van der Waals surface area contributed by atoms with Gasteiger partial charge in [0.15, 0.2) is 6.29 Å². The van der Waals surface area contributed by atoms with Gasteiger partial charge in [0.2, 0.25) is 0 Å². The Morgan fingerprint density at radius 2 is 1.55 bits per heavy atom. The van der Waals surface area contributed by atoms with Crippen molar-refractivity contribution in [3.63, 3.8) is 0 Å². The van der Waals surface area contributed by atoms with Crippen LogP contribution in [0.2, 0.25) is 0 Å². The van der Waals surface area contributed by atoms with E-state index in [9.17, 15) is 35.5 Å². The Morgan fingerprint density at radius 1 is 0.909 bits per heavy atom. The number of carbonyl (C=O) groups is 1. The molecule has 0 aliphatic carbocycles. The van der Waals surface area contributed by atoms with E-state index in [0.717, 1.165) is 24.4 Å². The minimum absolute atomic E-state index is 0.187. The maximum Gasteiger partial charge on any atom is 0.460 e. The van der Waals surface area contributed by atoms with E-state index in [0.29, 0.717) is 6.07 Å². The predicted molar refractivity (Wildman–Crippen MR) is 62.0 cm³/mol. The molecule has 0 spiro atoms. The number of halogens is 7. The summed E-state index contributed by atoms with van der Waals surface area (Å²) < 4.78 is 90.7. The average Bonchev–Trinajstić information content (AvgIpc) is 2.44. The molecule has 1 heterocycles. The van der Waals surface area contributed by atoms with Crippen molar-refractivity contribution in [2.24, 2.45) is 0 Å². The van der Waals surface area contributed by atoms with Crippen LogP contribution in [-0.2, 0) is 5.92 Å². The highest BCUT2D eigenvalue weighted by molar-refractivity contribution is 5.97. The highest BCUT2D eigenvalue weighted by atomic mass is 19.4. The first-order valence-electron chi connectivity index (χ1n) is 5.70. The smallest absolute Gasteiger partial charge is 0.296 e. The SMILES string of the molecule is O=Cc1nccc2c(C(F)(F)C(F)(F)C(F)(F)F)cccc12. The van der Waals surface area contributed by atoms with Crippen LogP contribution in [0.1, 0.15) is 16.1 Å². The lowest BCUT2D eigenvalue weighted by Gasteiger charge is -2.29. The number of benzene rings is 1. The van der Waals surface area contributed by atoms with Gasteiger partial charge in [0, 0.05) is 17.1 Å². The van der Waals surface area contributed by atoms with Crippen LogP contribution < -0.4 is 0 Å². The normalized spacial score (nSPS) is 13.4. The van der Waals surface area contributed by atoms with Crippen LogP contribution in [0.3, 0.4) is 0 Å². The summed E-state index contributed by atoms with van der Waals surface area (Å²) in [4.78, 5) is 14.3. The fourth-order valence-electron chi connectivity index (χ4n) is 1.94. The van der Waals surface area contributed by atoms with Crippen molar-refractivity contribution in [3.8, 4) is 0 Å². The van der Waals surface area contributed by atoms with Crippen LogP contribution in [0.15, 0.2) is 30.5 Å². The van der Waals surface area contributed by atoms with E-state index in [1.807, 2.05) is 0 Å². The molecule has 9 heteroatoms. The largest absolute Gasteiger partial charge is 0.460 e. The topological polar surface area (TPSA) is 30.0 Å². The first-order valence-corrected chi connectivity index (χ1v) is 5.70. The highest BCUT2D eigenvalue weighted by Gasteiger charge is 2.73. The van der Waals surface area contributed by atoms with E-state index in [4.69, 9.17) is 0 Å². The molecule has 0 saturated heterocycles. The molecular formula is C13H6F7NO. The number of nitrogens with zero attached hydrogens (tertiary/aromatic N) is 1. The molecule has 118 valence electrons. The fraction of sp³-hybridized carbons (Fsp3) is 0.231. The Morgan fingerprint density at radius 3 is 2.09 bits per heavy atom. The molecule has 2 rings (SSSR count). The van der Waals surface area contributed by atoms with E-state index in [-0.39, 0.29) is 17.4 Å². The molecule has 0 saturated carbocycles. The molecule has 0 atom stereocenters. The van der Waals surface area contributed by atoms with Crippen LogP contribution in [0.4, 0.5) is 30.7 Å². The second-order valence-corrected chi connectivity index (χ2v) is 4.36. The van der Waals surface area contributed by atoms with Crippen LogP contribution in [0.5, 0.6) is 0 Å². The zero-order chi connectivity index (χ0) is 16.8. The number of alkyl halides is 7. The lowest BCUT2D eigenvalue weighted by Crippen LogP contribution is -2.50. The summed E-state index contributed by atoms with van der Waals surface area (Å²) in [6.45, 7) is 0. The second-order valence-electron chi connectivity index (χ2n) is 4.36. The van der Waals surface area contributed by atoms with Gasteiger partial charge in [-0.3, -0.25) is 9.78 Å². The summed E-state index contributed by atoms with van der Waals surface area (Å²) in [6, 6.07) is 3.28. The van der Waals surface area contributed by atoms with Crippen LogP contribution in [-0.4, -0.2) is 23.4 Å². The summed E-state index contributed by atoms with van der Waals surface area (Å²) in [5.41, 5.74) is -1.87. The zero-order valence-electron chi connectivity index (χ0n) is 10.5. The number of carbonyl (C=O) groups excluding carboxylic acids is 1. The number of aldehydes is 1. The molecular weight excluding hydrogens is 319 g/mol. The molecule has 22 heavy (non-hydrogen) atoms. The first kappa shape index (κ1) is 16.2. The van der Waals surface area contributed by atoms with Crippen LogP contribution in [0, 0.1) is 0 Å². The Hall–Kier alpha value is -2.19. The number of aromatic nitrogens is 1. The van der Waals surface area contributed by atoms with Gasteiger partial charge in [-0.15, -0.1) is 0 Å². The maximum absolute atomic E-state index is 13.8. The van der Waals surface area contributed by atoms with Crippen molar-refractivity contribution >= 4 is 17.1 Å². The number of pyridine rings is 1. The van der Waals surface area contributed by atoms with Crippen molar-refractivity contribution in [2.45, 2.75) is 18.0 Å². The van der Waals surface area contributed by atoms with Gasteiger partial charge >= 0.3 is 18.0 Å². The lowest BCUT2D eigenvalue weighted by molar-refractivity contribution is -0.359. The standard InChI is InChI=1S/C13H6F7NO/c14-11(15,12(16,17)13(18,19)20)9-3-1-2-8-7(9)4-5-21-10(8)6-22/h1-6H. The summed E-state index contributed by atoms with van der Waals surface area (Å²) in [5, 5.41) is -0.846. The van der Waals surface area contributed by atoms with Crippen LogP contribution in [0.25, 0.3) is 10.8 Å². The molecule has 0 aliphatic rings. The molecule has 2 nitrogen and oxygen atoms in total. The van der Waals surface area contributed by atoms with E-state index < -0.39 is 29.0 Å². The minimum atomic E-state index is -6.43. The van der Waals surface area contributed by atoms with Gasteiger partial charge in [0.1, 0.15) is 5.69 Å². The fourth-order valence-corrected chi connectivity index (χ4v) is 1.94. The Labute approximate surface area is 118 Å². The maximum atomic E-state index is 13.8. The zero-order valence-corrected chi connectivity index (χ0v) is 10.5. The molecule has 0 fully saturated rings. The van der Waals surface area contributed by atoms with Gasteiger partial charge in [0.05, 0.1) is 0 Å². The third kappa shape index (κ3) is 2.20. The number of hydrogen-bond donors (Lipinski definition) is 0. The first-order chi connectivity index (χ1) is 10.0. The van der Waals surface area contributed by atoms with Gasteiger partial charge in [-0.05, 0) is 11.5 Å². The highest BCUT2D eigenvalue weighted by Crippen LogP contribution is 2.52. The number of hydrogen-bond acceptors (Lipinski definition) is 2. The van der Waals surface area contributed by atoms with Gasteiger partial charge in [0.25, 0.3) is 0 Å². The number of fused-ring (bicyclic) bond motifs is 1. The molecule has 0 N–H and O–H groups in total. The monoisotopic (exact) mass is 325 g/mol. The van der Waals surface area contributed by atoms with Crippen molar-refractivity contribution in [3.05, 3.63) is 41.7 Å². The molecule has 2 aromatic rings. The average molecular weight is 325 g/mol.